The monoisotopic (exact) mass is 440 g/mol. The number of Topliss-reactive ketones (excluding diaryl/α,β-unsaturated/α-hetero) is 1. The lowest BCUT2D eigenvalue weighted by molar-refractivity contribution is -0.201. The molecule has 0 radical (unpaired) electrons. The van der Waals surface area contributed by atoms with Gasteiger partial charge in [-0.2, -0.15) is 0 Å². The van der Waals surface area contributed by atoms with Crippen LogP contribution >= 0.6 is 0 Å². The van der Waals surface area contributed by atoms with Crippen LogP contribution < -0.4 is 0 Å². The fourth-order valence-electron chi connectivity index (χ4n) is 10.3. The lowest BCUT2D eigenvalue weighted by atomic mass is 9.35. The van der Waals surface area contributed by atoms with Crippen molar-refractivity contribution in [2.24, 2.45) is 45.3 Å². The van der Waals surface area contributed by atoms with Gasteiger partial charge in [0, 0.05) is 11.8 Å². The maximum Gasteiger partial charge on any atom is 0.138 e. The number of carbonyl (C=O) groups excluding carboxylic acids is 1. The zero-order valence-corrected chi connectivity index (χ0v) is 22.0. The first kappa shape index (κ1) is 23.1. The number of allylic oxidation sites excluding steroid dienone is 1. The smallest absolute Gasteiger partial charge is 0.138 e. The van der Waals surface area contributed by atoms with Crippen LogP contribution in [0.5, 0.6) is 0 Å². The van der Waals surface area contributed by atoms with E-state index in [1.54, 1.807) is 0 Å². The van der Waals surface area contributed by atoms with E-state index < -0.39 is 0 Å². The predicted molar refractivity (Wildman–Crippen MR) is 131 cm³/mol. The average Bonchev–Trinajstić information content (AvgIpc) is 3.15. The Morgan fingerprint density at radius 1 is 0.906 bits per heavy atom. The van der Waals surface area contributed by atoms with Gasteiger partial charge in [-0.05, 0) is 112 Å². The minimum atomic E-state index is -0.142. The van der Waals surface area contributed by atoms with Gasteiger partial charge >= 0.3 is 0 Å². The summed E-state index contributed by atoms with van der Waals surface area (Å²) in [6.45, 7) is 21.5. The molecule has 5 unspecified atom stereocenters. The third kappa shape index (κ3) is 2.96. The average molecular weight is 441 g/mol. The number of fused-ring (bicyclic) bond motifs is 5. The first-order chi connectivity index (χ1) is 14.8. The highest BCUT2D eigenvalue weighted by atomic mass is 16.6. The van der Waals surface area contributed by atoms with Crippen LogP contribution in [0, 0.1) is 45.3 Å². The summed E-state index contributed by atoms with van der Waals surface area (Å²) < 4.78 is 5.85. The molecule has 5 fully saturated rings. The van der Waals surface area contributed by atoms with E-state index in [4.69, 9.17) is 4.74 Å². The van der Waals surface area contributed by atoms with Crippen molar-refractivity contribution in [2.75, 3.05) is 0 Å². The second kappa shape index (κ2) is 6.96. The van der Waals surface area contributed by atoms with Gasteiger partial charge in [0.2, 0.25) is 0 Å². The van der Waals surface area contributed by atoms with Gasteiger partial charge in [-0.3, -0.25) is 4.79 Å². The first-order valence-corrected chi connectivity index (χ1v) is 13.7. The lowest BCUT2D eigenvalue weighted by Crippen LogP contribution is -2.63. The summed E-state index contributed by atoms with van der Waals surface area (Å²) in [4.78, 5) is 12.9. The Morgan fingerprint density at radius 2 is 1.56 bits per heavy atom. The molecule has 2 nitrogen and oxygen atoms in total. The summed E-state index contributed by atoms with van der Waals surface area (Å²) in [5, 5.41) is 0. The van der Waals surface area contributed by atoms with Crippen LogP contribution in [0.4, 0.5) is 0 Å². The van der Waals surface area contributed by atoms with E-state index in [9.17, 15) is 4.79 Å². The predicted octanol–water partition coefficient (Wildman–Crippen LogP) is 7.75. The standard InChI is InChI=1S/C30H48O2/c1-19(9-12-25-27(4,5)32-25)20-13-17-29(7)21(20)10-11-23-28(6)16-15-24(31)26(2,3)22(28)14-18-30(23,29)8/h20-23,25H,1,9-18H2,2-8H3/t20?,21?,22?,23?,25?,28-,29+,30+/m0/s1. The third-order valence-corrected chi connectivity index (χ3v) is 12.6. The van der Waals surface area contributed by atoms with E-state index in [1.165, 1.54) is 44.1 Å². The molecule has 32 heavy (non-hydrogen) atoms. The highest BCUT2D eigenvalue weighted by Crippen LogP contribution is 2.75. The quantitative estimate of drug-likeness (QED) is 0.330. The molecule has 4 aliphatic carbocycles. The molecule has 1 saturated heterocycles. The molecule has 1 aliphatic heterocycles. The number of rotatable bonds is 4. The number of carbonyl (C=O) groups is 1. The molecule has 180 valence electrons. The van der Waals surface area contributed by atoms with Crippen LogP contribution in [-0.2, 0) is 9.53 Å². The summed E-state index contributed by atoms with van der Waals surface area (Å²) in [7, 11) is 0. The molecule has 4 saturated carbocycles. The van der Waals surface area contributed by atoms with Gasteiger partial charge < -0.3 is 4.74 Å². The van der Waals surface area contributed by atoms with Crippen LogP contribution in [0.15, 0.2) is 12.2 Å². The summed E-state index contributed by atoms with van der Waals surface area (Å²) in [6.07, 6.45) is 12.6. The van der Waals surface area contributed by atoms with E-state index in [-0.39, 0.29) is 11.0 Å². The molecule has 0 spiro atoms. The lowest BCUT2D eigenvalue weighted by Gasteiger charge is -2.69. The van der Waals surface area contributed by atoms with Gasteiger partial charge in [-0.25, -0.2) is 0 Å². The number of epoxide rings is 1. The van der Waals surface area contributed by atoms with Gasteiger partial charge in [0.1, 0.15) is 5.78 Å². The van der Waals surface area contributed by atoms with E-state index in [2.05, 4.69) is 55.0 Å². The van der Waals surface area contributed by atoms with Gasteiger partial charge in [0.15, 0.2) is 0 Å². The van der Waals surface area contributed by atoms with Crippen molar-refractivity contribution in [1.29, 1.82) is 0 Å². The van der Waals surface area contributed by atoms with Crippen molar-refractivity contribution in [1.82, 2.24) is 0 Å². The first-order valence-electron chi connectivity index (χ1n) is 13.7. The Hall–Kier alpha value is -0.630. The van der Waals surface area contributed by atoms with Crippen molar-refractivity contribution in [3.8, 4) is 0 Å². The SMILES string of the molecule is C=C(CCC1OC1(C)C)C1CC[C@]2(C)C1CCC1[C@@]3(C)CCC(=O)C(C)(C)C3CC[C@]12C. The molecule has 0 aromatic carbocycles. The summed E-state index contributed by atoms with van der Waals surface area (Å²) in [5.41, 5.74) is 2.60. The van der Waals surface area contributed by atoms with Crippen molar-refractivity contribution < 1.29 is 9.53 Å². The minimum absolute atomic E-state index is 0.0965. The fraction of sp³-hybridized carbons (Fsp3) is 0.900. The summed E-state index contributed by atoms with van der Waals surface area (Å²) >= 11 is 0. The largest absolute Gasteiger partial charge is 0.367 e. The van der Waals surface area contributed by atoms with E-state index in [0.29, 0.717) is 40.0 Å². The number of ketones is 1. The van der Waals surface area contributed by atoms with Crippen molar-refractivity contribution in [3.05, 3.63) is 12.2 Å². The fourth-order valence-corrected chi connectivity index (χ4v) is 10.3. The van der Waals surface area contributed by atoms with Gasteiger partial charge in [0.05, 0.1) is 11.7 Å². The van der Waals surface area contributed by atoms with Crippen LogP contribution in [0.1, 0.15) is 113 Å². The topological polar surface area (TPSA) is 29.6 Å². The minimum Gasteiger partial charge on any atom is -0.367 e. The Bertz CT molecular complexity index is 823. The van der Waals surface area contributed by atoms with E-state index in [1.807, 2.05) is 0 Å². The molecular weight excluding hydrogens is 392 g/mol. The Kier molecular flexibility index (Phi) is 5.03. The van der Waals surface area contributed by atoms with Crippen LogP contribution in [-0.4, -0.2) is 17.5 Å². The number of hydrogen-bond donors (Lipinski definition) is 0. The van der Waals surface area contributed by atoms with Gasteiger partial charge in [0.25, 0.3) is 0 Å². The molecule has 1 heterocycles. The zero-order valence-electron chi connectivity index (χ0n) is 22.0. The Morgan fingerprint density at radius 3 is 2.22 bits per heavy atom. The normalized spacial score (nSPS) is 50.8. The van der Waals surface area contributed by atoms with Gasteiger partial charge in [-0.1, -0.05) is 46.8 Å². The molecule has 0 amide bonds. The molecule has 2 heteroatoms. The molecule has 5 rings (SSSR count). The van der Waals surface area contributed by atoms with Crippen LogP contribution in [0.2, 0.25) is 0 Å². The molecule has 0 aromatic heterocycles. The highest BCUT2D eigenvalue weighted by Gasteiger charge is 2.68. The van der Waals surface area contributed by atoms with E-state index >= 15 is 0 Å². The summed E-state index contributed by atoms with van der Waals surface area (Å²) in [6, 6.07) is 0. The van der Waals surface area contributed by atoms with Crippen LogP contribution in [0.25, 0.3) is 0 Å². The van der Waals surface area contributed by atoms with E-state index in [0.717, 1.165) is 37.5 Å². The van der Waals surface area contributed by atoms with Gasteiger partial charge in [-0.15, -0.1) is 0 Å². The highest BCUT2D eigenvalue weighted by molar-refractivity contribution is 5.85. The maximum atomic E-state index is 12.9. The molecule has 8 atom stereocenters. The second-order valence-corrected chi connectivity index (χ2v) is 14.4. The Labute approximate surface area is 197 Å². The molecule has 0 bridgehead atoms. The maximum absolute atomic E-state index is 12.9. The van der Waals surface area contributed by atoms with Crippen molar-refractivity contribution in [3.63, 3.8) is 0 Å². The second-order valence-electron chi connectivity index (χ2n) is 14.4. The third-order valence-electron chi connectivity index (χ3n) is 12.6. The molecule has 5 aliphatic rings. The zero-order chi connectivity index (χ0) is 23.3. The number of ether oxygens (including phenoxy) is 1. The van der Waals surface area contributed by atoms with Crippen LogP contribution in [0.3, 0.4) is 0 Å². The molecule has 0 aromatic rings. The van der Waals surface area contributed by atoms with Crippen molar-refractivity contribution >= 4 is 5.78 Å². The number of hydrogen-bond acceptors (Lipinski definition) is 2. The van der Waals surface area contributed by atoms with Crippen molar-refractivity contribution in [2.45, 2.75) is 124 Å². The Balaban J connectivity index is 1.37. The molecular formula is C30H48O2. The summed E-state index contributed by atoms with van der Waals surface area (Å²) in [5.74, 6) is 3.33. The molecule has 0 N–H and O–H groups in total.